The van der Waals surface area contributed by atoms with Gasteiger partial charge in [0.25, 0.3) is 17.6 Å². The van der Waals surface area contributed by atoms with Crippen LogP contribution in [0, 0.1) is 0 Å². The zero-order chi connectivity index (χ0) is 36.2. The minimum absolute atomic E-state index is 0.0501. The van der Waals surface area contributed by atoms with Gasteiger partial charge in [-0.25, -0.2) is 14.6 Å². The van der Waals surface area contributed by atoms with E-state index in [0.29, 0.717) is 11.8 Å². The number of aromatic nitrogens is 1. The zero-order valence-corrected chi connectivity index (χ0v) is 27.6. The van der Waals surface area contributed by atoms with Crippen molar-refractivity contribution in [2.75, 3.05) is 18.8 Å². The molecular formula is C27H26ClN7O12S2. The van der Waals surface area contributed by atoms with Gasteiger partial charge in [-0.05, 0) is 32.4 Å². The molecule has 3 aliphatic heterocycles. The number of hydrogen-bond donors (Lipinski definition) is 7. The van der Waals surface area contributed by atoms with Crippen molar-refractivity contribution >= 4 is 86.9 Å². The number of aliphatic carboxylic acids is 2. The number of likely N-dealkylation sites (tertiary alicyclic amines) is 1. The van der Waals surface area contributed by atoms with E-state index in [1.807, 2.05) is 0 Å². The van der Waals surface area contributed by atoms with E-state index in [1.54, 1.807) is 0 Å². The number of nitrogen functional groups attached to an aromatic ring is 1. The van der Waals surface area contributed by atoms with E-state index < -0.39 is 104 Å². The minimum Gasteiger partial charge on any atom is -0.504 e. The van der Waals surface area contributed by atoms with Gasteiger partial charge in [-0.15, -0.1) is 11.3 Å². The number of ketones is 1. The Hall–Kier alpha value is -5.15. The van der Waals surface area contributed by atoms with Gasteiger partial charge in [-0.2, -0.15) is 0 Å². The number of aromatic hydroxyl groups is 2. The Balaban J connectivity index is 1.30. The lowest BCUT2D eigenvalue weighted by atomic mass is 10.1. The maximum atomic E-state index is 13.4. The van der Waals surface area contributed by atoms with Crippen LogP contribution in [0.2, 0.25) is 5.02 Å². The molecule has 1 aromatic heterocycles. The Bertz CT molecular complexity index is 1850. The number of Topliss-reactive ketones (excluding diaryl/α,β-unsaturated/α-hetero) is 1. The number of oxime groups is 1. The summed E-state index contributed by atoms with van der Waals surface area (Å²) in [5, 5.41) is 47.2. The number of β-lactam (4-membered cyclic amide) rings is 1. The monoisotopic (exact) mass is 739 g/mol. The largest absolute Gasteiger partial charge is 0.504 e. The molecule has 2 aromatic rings. The van der Waals surface area contributed by atoms with Crippen molar-refractivity contribution in [1.82, 2.24) is 25.4 Å². The van der Waals surface area contributed by atoms with Crippen molar-refractivity contribution < 1.29 is 58.8 Å². The average molecular weight is 740 g/mol. The topological polar surface area (TPSA) is 291 Å². The minimum atomic E-state index is -2.04. The maximum absolute atomic E-state index is 13.4. The lowest BCUT2D eigenvalue weighted by Gasteiger charge is -2.41. The van der Waals surface area contributed by atoms with Gasteiger partial charge in [-0.3, -0.25) is 24.0 Å². The number of phenolic OH excluding ortho intramolecular Hbond substituents is 2. The number of amides is 4. The molecule has 3 fully saturated rings. The highest BCUT2D eigenvalue weighted by atomic mass is 35.5. The fourth-order valence-electron chi connectivity index (χ4n) is 5.06. The van der Waals surface area contributed by atoms with E-state index in [2.05, 4.69) is 20.8 Å². The number of carbonyl (C=O) groups is 7. The molecular weight excluding hydrogens is 714 g/mol. The first-order valence-electron chi connectivity index (χ1n) is 14.0. The first-order valence-corrected chi connectivity index (χ1v) is 16.1. The number of nitrogens with zero attached hydrogens (tertiary/aromatic N) is 4. The van der Waals surface area contributed by atoms with Gasteiger partial charge in [0.2, 0.25) is 22.3 Å². The number of benzene rings is 1. The van der Waals surface area contributed by atoms with Crippen LogP contribution >= 0.6 is 34.7 Å². The molecule has 8 N–H and O–H groups in total. The molecule has 0 aliphatic carbocycles. The molecule has 49 heavy (non-hydrogen) atoms. The van der Waals surface area contributed by atoms with Crippen LogP contribution in [0.3, 0.4) is 0 Å². The first-order chi connectivity index (χ1) is 22.9. The van der Waals surface area contributed by atoms with Gasteiger partial charge >= 0.3 is 11.9 Å². The van der Waals surface area contributed by atoms with Gasteiger partial charge in [0, 0.05) is 11.9 Å². The third-order valence-corrected chi connectivity index (χ3v) is 10.6. The summed E-state index contributed by atoms with van der Waals surface area (Å²) in [4.78, 5) is 98.6. The molecule has 4 heterocycles. The third kappa shape index (κ3) is 6.15. The van der Waals surface area contributed by atoms with Crippen molar-refractivity contribution in [1.29, 1.82) is 0 Å². The fourth-order valence-corrected chi connectivity index (χ4v) is 7.51. The Kier molecular flexibility index (Phi) is 9.12. The molecule has 260 valence electrons. The number of thiazole rings is 1. The molecule has 0 saturated carbocycles. The number of carbonyl (C=O) groups excluding carboxylic acids is 5. The van der Waals surface area contributed by atoms with Crippen LogP contribution in [0.1, 0.15) is 36.3 Å². The predicted octanol–water partition coefficient (Wildman–Crippen LogP) is -0.845. The Labute approximate surface area is 288 Å². The van der Waals surface area contributed by atoms with Gasteiger partial charge in [0.15, 0.2) is 22.3 Å². The lowest BCUT2D eigenvalue weighted by molar-refractivity contribution is -0.161. The lowest BCUT2D eigenvalue weighted by Crippen LogP contribution is -2.68. The Morgan fingerprint density at radius 2 is 1.82 bits per heavy atom. The number of phenols is 2. The van der Waals surface area contributed by atoms with Crippen LogP contribution in [-0.2, 0) is 33.6 Å². The molecule has 0 spiro atoms. The predicted molar refractivity (Wildman–Crippen MR) is 169 cm³/mol. The summed E-state index contributed by atoms with van der Waals surface area (Å²) in [5.41, 5.74) is 2.78. The first kappa shape index (κ1) is 35.2. The number of fused-ring (bicyclic) bond motifs is 1. The van der Waals surface area contributed by atoms with E-state index in [9.17, 15) is 54.0 Å². The van der Waals surface area contributed by atoms with Crippen LogP contribution in [0.25, 0.3) is 0 Å². The molecule has 22 heteroatoms. The van der Waals surface area contributed by atoms with E-state index in [4.69, 9.17) is 22.2 Å². The maximum Gasteiger partial charge on any atom is 0.350 e. The normalized spacial score (nSPS) is 23.5. The SMILES string of the molecule is CC(C)(O/N=C(\C(=O)NC1C(=O)N2CC(C(=O)O)(N3CCC(NC(=O)C(=O)c4ccc(O)c(O)c4Cl)C3=O)S[C@H]12)c1csc(N)n1)C(=O)O. The summed E-state index contributed by atoms with van der Waals surface area (Å²) in [6.45, 7) is 1.70. The van der Waals surface area contributed by atoms with Crippen molar-refractivity contribution in [3.63, 3.8) is 0 Å². The quantitative estimate of drug-likeness (QED) is 0.0369. The average Bonchev–Trinajstić information content (AvgIpc) is 3.74. The van der Waals surface area contributed by atoms with Crippen LogP contribution in [0.5, 0.6) is 11.5 Å². The summed E-state index contributed by atoms with van der Waals surface area (Å²) in [6, 6.07) is -0.700. The molecule has 0 radical (unpaired) electrons. The highest BCUT2D eigenvalue weighted by Crippen LogP contribution is 2.50. The molecule has 3 saturated heterocycles. The number of halogens is 1. The summed E-state index contributed by atoms with van der Waals surface area (Å²) in [6.07, 6.45) is -0.107. The van der Waals surface area contributed by atoms with E-state index in [1.165, 1.54) is 19.2 Å². The molecule has 5 rings (SSSR count). The van der Waals surface area contributed by atoms with Crippen LogP contribution in [0.4, 0.5) is 5.13 Å². The van der Waals surface area contributed by atoms with Gasteiger partial charge in [0.05, 0.1) is 17.1 Å². The second-order valence-corrected chi connectivity index (χ2v) is 14.0. The van der Waals surface area contributed by atoms with Gasteiger partial charge < -0.3 is 51.4 Å². The number of carboxylic acids is 2. The number of hydrogen-bond acceptors (Lipinski definition) is 15. The zero-order valence-electron chi connectivity index (χ0n) is 25.2. The summed E-state index contributed by atoms with van der Waals surface area (Å²) in [5.74, 6) is -9.41. The molecule has 1 aromatic carbocycles. The smallest absolute Gasteiger partial charge is 0.350 e. The number of thioether (sulfide) groups is 1. The van der Waals surface area contributed by atoms with Gasteiger partial charge in [0.1, 0.15) is 23.2 Å². The standard InChI is InChI=1S/C27H26ClN7O12S2/c1-26(2,23(43)44)47-33-14(11-7-48-25(29)31-11)18(39)32-15-21(42)34-8-27(24(45)46,49-22(15)34)35-6-5-10(20(35)41)30-19(40)16(37)9-3-4-12(36)17(38)13(9)28/h3-4,7,10,15,22,36,38H,5-6,8H2,1-2H3,(H2,29,31)(H,30,40)(H,32,39)(H,43,44)(H,45,46)/b33-14-/t10?,15?,22-,27?/m1/s1. The number of anilines is 1. The number of carboxylic acid groups (broad SMARTS) is 2. The fraction of sp³-hybridized carbons (Fsp3) is 0.370. The number of nitrogens with one attached hydrogen (secondary N) is 2. The third-order valence-electron chi connectivity index (χ3n) is 7.82. The second kappa shape index (κ2) is 12.7. The van der Waals surface area contributed by atoms with E-state index in [-0.39, 0.29) is 23.8 Å². The highest BCUT2D eigenvalue weighted by Gasteiger charge is 2.66. The van der Waals surface area contributed by atoms with Crippen LogP contribution in [0.15, 0.2) is 22.7 Å². The molecule has 4 amide bonds. The number of nitrogens with two attached hydrogens (primary N) is 1. The summed E-state index contributed by atoms with van der Waals surface area (Å²) >= 11 is 7.52. The van der Waals surface area contributed by atoms with Crippen molar-refractivity contribution in [3.05, 3.63) is 33.8 Å². The Morgan fingerprint density at radius 1 is 1.12 bits per heavy atom. The molecule has 4 atom stereocenters. The van der Waals surface area contributed by atoms with Crippen molar-refractivity contribution in [2.45, 2.75) is 48.2 Å². The Morgan fingerprint density at radius 3 is 2.43 bits per heavy atom. The highest BCUT2D eigenvalue weighted by molar-refractivity contribution is 8.02. The van der Waals surface area contributed by atoms with E-state index in [0.717, 1.165) is 33.3 Å². The van der Waals surface area contributed by atoms with Crippen LogP contribution in [-0.4, -0.2) is 123 Å². The molecule has 19 nitrogen and oxygen atoms in total. The second-order valence-electron chi connectivity index (χ2n) is 11.4. The summed E-state index contributed by atoms with van der Waals surface area (Å²) < 4.78 is 0. The van der Waals surface area contributed by atoms with Crippen molar-refractivity contribution in [3.8, 4) is 11.5 Å². The molecule has 3 aliphatic rings. The van der Waals surface area contributed by atoms with Gasteiger partial charge in [-0.1, -0.05) is 28.5 Å². The summed E-state index contributed by atoms with van der Waals surface area (Å²) in [7, 11) is 0. The number of rotatable bonds is 11. The van der Waals surface area contributed by atoms with Crippen molar-refractivity contribution in [2.24, 2.45) is 5.16 Å². The molecule has 0 bridgehead atoms. The van der Waals surface area contributed by atoms with E-state index >= 15 is 0 Å². The molecule has 3 unspecified atom stereocenters. The van der Waals surface area contributed by atoms with Crippen LogP contribution < -0.4 is 16.4 Å².